The van der Waals surface area contributed by atoms with E-state index in [1.165, 1.54) is 12.3 Å². The lowest BCUT2D eigenvalue weighted by atomic mass is 10.2. The number of pyridine rings is 1. The van der Waals surface area contributed by atoms with Crippen molar-refractivity contribution in [2.75, 3.05) is 11.9 Å². The molecule has 0 fully saturated rings. The minimum Gasteiger partial charge on any atom is -0.448 e. The summed E-state index contributed by atoms with van der Waals surface area (Å²) in [5, 5.41) is 14.3. The molecule has 0 saturated carbocycles. The van der Waals surface area contributed by atoms with E-state index in [0.29, 0.717) is 11.3 Å². The molecule has 0 bridgehead atoms. The molecule has 0 amide bonds. The maximum Gasteiger partial charge on any atom is 0.311 e. The number of nitro groups is 1. The monoisotopic (exact) mass is 287 g/mol. The first kappa shape index (κ1) is 14.8. The predicted molar refractivity (Wildman–Crippen MR) is 80.9 cm³/mol. The van der Waals surface area contributed by atoms with Crippen molar-refractivity contribution in [2.45, 2.75) is 20.3 Å². The van der Waals surface area contributed by atoms with Crippen molar-refractivity contribution in [1.82, 2.24) is 4.98 Å². The third kappa shape index (κ3) is 3.68. The number of ether oxygens (including phenoxy) is 1. The fourth-order valence-corrected chi connectivity index (χ4v) is 1.87. The highest BCUT2D eigenvalue weighted by Crippen LogP contribution is 2.34. The lowest BCUT2D eigenvalue weighted by molar-refractivity contribution is -0.385. The third-order valence-electron chi connectivity index (χ3n) is 2.90. The average molecular weight is 287 g/mol. The van der Waals surface area contributed by atoms with Crippen LogP contribution in [0.15, 0.2) is 36.7 Å². The number of nitrogens with one attached hydrogen (secondary N) is 1. The molecule has 1 aromatic carbocycles. The van der Waals surface area contributed by atoms with Gasteiger partial charge < -0.3 is 10.1 Å². The second kappa shape index (κ2) is 6.69. The molecule has 110 valence electrons. The van der Waals surface area contributed by atoms with E-state index in [0.717, 1.165) is 18.7 Å². The summed E-state index contributed by atoms with van der Waals surface area (Å²) < 4.78 is 5.68. The normalized spacial score (nSPS) is 10.2. The lowest BCUT2D eigenvalue weighted by Gasteiger charge is -2.10. The zero-order valence-corrected chi connectivity index (χ0v) is 12.0. The quantitative estimate of drug-likeness (QED) is 0.643. The van der Waals surface area contributed by atoms with Crippen molar-refractivity contribution >= 4 is 11.4 Å². The number of hydrogen-bond donors (Lipinski definition) is 1. The molecule has 0 aliphatic carbocycles. The molecule has 1 aromatic heterocycles. The highest BCUT2D eigenvalue weighted by atomic mass is 16.6. The van der Waals surface area contributed by atoms with Crippen LogP contribution in [0.5, 0.6) is 11.5 Å². The number of aromatic nitrogens is 1. The van der Waals surface area contributed by atoms with E-state index in [2.05, 4.69) is 17.2 Å². The lowest BCUT2D eigenvalue weighted by Crippen LogP contribution is -2.00. The largest absolute Gasteiger partial charge is 0.448 e. The Morgan fingerprint density at radius 2 is 2.19 bits per heavy atom. The van der Waals surface area contributed by atoms with Gasteiger partial charge in [-0.3, -0.25) is 15.1 Å². The Morgan fingerprint density at radius 3 is 2.90 bits per heavy atom. The van der Waals surface area contributed by atoms with Crippen LogP contribution in [0, 0.1) is 17.0 Å². The van der Waals surface area contributed by atoms with Crippen LogP contribution < -0.4 is 10.1 Å². The minimum absolute atomic E-state index is 0.0538. The molecule has 21 heavy (non-hydrogen) atoms. The van der Waals surface area contributed by atoms with Crippen LogP contribution in [-0.2, 0) is 0 Å². The summed E-state index contributed by atoms with van der Waals surface area (Å²) in [5.74, 6) is 0.713. The molecule has 2 rings (SSSR count). The van der Waals surface area contributed by atoms with Gasteiger partial charge in [-0.05, 0) is 18.9 Å². The maximum atomic E-state index is 11.1. The third-order valence-corrected chi connectivity index (χ3v) is 2.90. The standard InChI is InChI=1S/C15H17N3O3/c1-3-7-17-12-8-13(10-16-9-12)21-15-11(2)5-4-6-14(15)18(19)20/h4-6,8-10,17H,3,7H2,1-2H3. The maximum absolute atomic E-state index is 11.1. The van der Waals surface area contributed by atoms with E-state index in [9.17, 15) is 10.1 Å². The van der Waals surface area contributed by atoms with Crippen LogP contribution in [0.1, 0.15) is 18.9 Å². The molecular formula is C15H17N3O3. The Balaban J connectivity index is 2.28. The van der Waals surface area contributed by atoms with E-state index in [1.54, 1.807) is 31.3 Å². The Labute approximate surface area is 122 Å². The zero-order valence-electron chi connectivity index (χ0n) is 12.0. The summed E-state index contributed by atoms with van der Waals surface area (Å²) in [7, 11) is 0. The Bertz CT molecular complexity index is 644. The van der Waals surface area contributed by atoms with Gasteiger partial charge in [-0.1, -0.05) is 19.1 Å². The van der Waals surface area contributed by atoms with Gasteiger partial charge in [-0.2, -0.15) is 0 Å². The van der Waals surface area contributed by atoms with Crippen LogP contribution in [0.25, 0.3) is 0 Å². The zero-order chi connectivity index (χ0) is 15.2. The molecule has 0 radical (unpaired) electrons. The highest BCUT2D eigenvalue weighted by molar-refractivity contribution is 5.54. The summed E-state index contributed by atoms with van der Waals surface area (Å²) in [5.41, 5.74) is 1.48. The van der Waals surface area contributed by atoms with Crippen molar-refractivity contribution in [2.24, 2.45) is 0 Å². The van der Waals surface area contributed by atoms with Crippen LogP contribution in [0.2, 0.25) is 0 Å². The number of nitrogens with zero attached hydrogens (tertiary/aromatic N) is 2. The molecule has 0 spiro atoms. The first-order chi connectivity index (χ1) is 10.1. The minimum atomic E-state index is -0.449. The van der Waals surface area contributed by atoms with Gasteiger partial charge in [0.2, 0.25) is 5.75 Å². The van der Waals surface area contributed by atoms with Gasteiger partial charge in [0.05, 0.1) is 23.0 Å². The molecule has 0 atom stereocenters. The van der Waals surface area contributed by atoms with E-state index < -0.39 is 4.92 Å². The van der Waals surface area contributed by atoms with E-state index in [1.807, 2.05) is 0 Å². The summed E-state index contributed by atoms with van der Waals surface area (Å²) in [6.45, 7) is 4.67. The summed E-state index contributed by atoms with van der Waals surface area (Å²) >= 11 is 0. The first-order valence-electron chi connectivity index (χ1n) is 6.72. The Hall–Kier alpha value is -2.63. The molecular weight excluding hydrogens is 270 g/mol. The van der Waals surface area contributed by atoms with Crippen molar-refractivity contribution in [3.05, 3.63) is 52.3 Å². The van der Waals surface area contributed by atoms with Crippen LogP contribution in [0.4, 0.5) is 11.4 Å². The number of anilines is 1. The molecule has 0 aliphatic heterocycles. The number of hydrogen-bond acceptors (Lipinski definition) is 5. The van der Waals surface area contributed by atoms with E-state index >= 15 is 0 Å². The summed E-state index contributed by atoms with van der Waals surface area (Å²) in [4.78, 5) is 14.7. The molecule has 1 heterocycles. The summed E-state index contributed by atoms with van der Waals surface area (Å²) in [6, 6.07) is 6.61. The van der Waals surface area contributed by atoms with Crippen LogP contribution in [0.3, 0.4) is 0 Å². The van der Waals surface area contributed by atoms with Gasteiger partial charge in [0.25, 0.3) is 0 Å². The van der Waals surface area contributed by atoms with Gasteiger partial charge in [-0.15, -0.1) is 0 Å². The second-order valence-electron chi connectivity index (χ2n) is 4.62. The molecule has 0 aliphatic rings. The topological polar surface area (TPSA) is 77.3 Å². The molecule has 1 N–H and O–H groups in total. The van der Waals surface area contributed by atoms with Crippen molar-refractivity contribution < 1.29 is 9.66 Å². The number of nitro benzene ring substituents is 1. The van der Waals surface area contributed by atoms with Gasteiger partial charge >= 0.3 is 5.69 Å². The number of rotatable bonds is 6. The van der Waals surface area contributed by atoms with Crippen LogP contribution in [-0.4, -0.2) is 16.5 Å². The van der Waals surface area contributed by atoms with E-state index in [4.69, 9.17) is 4.74 Å². The summed E-state index contributed by atoms with van der Waals surface area (Å²) in [6.07, 6.45) is 4.22. The second-order valence-corrected chi connectivity index (χ2v) is 4.62. The van der Waals surface area contributed by atoms with E-state index in [-0.39, 0.29) is 11.4 Å². The fourth-order valence-electron chi connectivity index (χ4n) is 1.87. The van der Waals surface area contributed by atoms with Gasteiger partial charge in [0.1, 0.15) is 5.75 Å². The SMILES string of the molecule is CCCNc1cncc(Oc2c(C)cccc2[N+](=O)[O-])c1. The smallest absolute Gasteiger partial charge is 0.311 e. The molecule has 6 nitrogen and oxygen atoms in total. The highest BCUT2D eigenvalue weighted by Gasteiger charge is 2.17. The number of benzene rings is 1. The molecule has 0 saturated heterocycles. The first-order valence-corrected chi connectivity index (χ1v) is 6.72. The molecule has 2 aromatic rings. The number of para-hydroxylation sites is 1. The predicted octanol–water partition coefficient (Wildman–Crippen LogP) is 3.91. The van der Waals surface area contributed by atoms with Gasteiger partial charge in [-0.25, -0.2) is 0 Å². The Morgan fingerprint density at radius 1 is 1.38 bits per heavy atom. The van der Waals surface area contributed by atoms with Crippen molar-refractivity contribution in [3.8, 4) is 11.5 Å². The van der Waals surface area contributed by atoms with Gasteiger partial charge in [0, 0.05) is 18.7 Å². The van der Waals surface area contributed by atoms with Crippen molar-refractivity contribution in [3.63, 3.8) is 0 Å². The molecule has 0 unspecified atom stereocenters. The number of aryl methyl sites for hydroxylation is 1. The van der Waals surface area contributed by atoms with Crippen LogP contribution >= 0.6 is 0 Å². The average Bonchev–Trinajstić information content (AvgIpc) is 2.47. The Kier molecular flexibility index (Phi) is 4.71. The van der Waals surface area contributed by atoms with Crippen molar-refractivity contribution in [1.29, 1.82) is 0 Å². The van der Waals surface area contributed by atoms with Gasteiger partial charge in [0.15, 0.2) is 0 Å². The fraction of sp³-hybridized carbons (Fsp3) is 0.267. The molecule has 6 heteroatoms.